The van der Waals surface area contributed by atoms with Crippen LogP contribution in [-0.4, -0.2) is 42.4 Å². The normalized spacial score (nSPS) is 18.2. The van der Waals surface area contributed by atoms with Gasteiger partial charge in [0.25, 0.3) is 5.56 Å². The summed E-state index contributed by atoms with van der Waals surface area (Å²) >= 11 is 0. The first-order valence-electron chi connectivity index (χ1n) is 12.2. The number of carbonyl (C=O) groups is 1. The number of nitrogens with two attached hydrogens (primary N) is 1. The average Bonchev–Trinajstić information content (AvgIpc) is 3.23. The Labute approximate surface area is 204 Å². The summed E-state index contributed by atoms with van der Waals surface area (Å²) in [5.74, 6) is 0.438. The molecular weight excluding hydrogens is 446 g/mol. The summed E-state index contributed by atoms with van der Waals surface area (Å²) in [7, 11) is 1.56. The number of hydrogen-bond acceptors (Lipinski definition) is 7. The Morgan fingerprint density at radius 2 is 2.03 bits per heavy atom. The van der Waals surface area contributed by atoms with Crippen molar-refractivity contribution in [3.8, 4) is 17.1 Å². The van der Waals surface area contributed by atoms with Gasteiger partial charge in [-0.25, -0.2) is 4.98 Å². The Hall–Kier alpha value is -3.23. The van der Waals surface area contributed by atoms with Gasteiger partial charge in [0, 0.05) is 18.1 Å². The van der Waals surface area contributed by atoms with Gasteiger partial charge in [-0.15, -0.1) is 0 Å². The van der Waals surface area contributed by atoms with E-state index in [2.05, 4.69) is 6.92 Å². The molecule has 0 amide bonds. The largest absolute Gasteiger partial charge is 0.494 e. The van der Waals surface area contributed by atoms with Crippen LogP contribution in [0.25, 0.3) is 22.3 Å². The fourth-order valence-electron chi connectivity index (χ4n) is 5.47. The average molecular weight is 478 g/mol. The van der Waals surface area contributed by atoms with Crippen molar-refractivity contribution in [2.24, 2.45) is 5.73 Å². The van der Waals surface area contributed by atoms with Crippen LogP contribution in [0.3, 0.4) is 0 Å². The SMILES string of the molecule is CCc1c2c(nc3ccc(OCCCN)cc13)-c1cc3c(c(=O)n1C2)COC(=O)[C@@]3(CC)COC. The van der Waals surface area contributed by atoms with E-state index in [4.69, 9.17) is 24.9 Å². The second-order valence-corrected chi connectivity index (χ2v) is 9.20. The monoisotopic (exact) mass is 477 g/mol. The van der Waals surface area contributed by atoms with Crippen molar-refractivity contribution in [1.82, 2.24) is 9.55 Å². The zero-order valence-electron chi connectivity index (χ0n) is 20.5. The molecule has 8 heteroatoms. The van der Waals surface area contributed by atoms with Crippen LogP contribution in [0.2, 0.25) is 0 Å². The molecule has 0 bridgehead atoms. The smallest absolute Gasteiger partial charge is 0.319 e. The zero-order chi connectivity index (χ0) is 24.7. The number of ether oxygens (including phenoxy) is 3. The number of aromatic nitrogens is 2. The predicted molar refractivity (Wildman–Crippen MR) is 133 cm³/mol. The number of benzene rings is 1. The van der Waals surface area contributed by atoms with E-state index in [1.165, 1.54) is 0 Å². The van der Waals surface area contributed by atoms with Gasteiger partial charge < -0.3 is 24.5 Å². The Morgan fingerprint density at radius 3 is 2.74 bits per heavy atom. The summed E-state index contributed by atoms with van der Waals surface area (Å²) in [6, 6.07) is 7.88. The Balaban J connectivity index is 1.69. The standard InChI is InChI=1S/C27H31N3O5/c1-4-17-18-11-16(34-10-6-9-28)7-8-22(18)29-24-19(17)13-30-23(24)12-21-20(25(30)31)14-35-26(32)27(21,5-2)15-33-3/h7-8,11-12H,4-6,9-10,13-15,28H2,1-3H3/t27-/m0/s1. The number of esters is 1. The second kappa shape index (κ2) is 9.09. The van der Waals surface area contributed by atoms with Crippen LogP contribution in [0.1, 0.15) is 48.9 Å². The maximum atomic E-state index is 13.7. The molecule has 1 atom stereocenters. The number of aryl methyl sites for hydroxylation is 1. The number of methoxy groups -OCH3 is 1. The summed E-state index contributed by atoms with van der Waals surface area (Å²) in [5, 5.41) is 1.03. The van der Waals surface area contributed by atoms with Crippen LogP contribution < -0.4 is 16.0 Å². The van der Waals surface area contributed by atoms with Gasteiger partial charge in [-0.3, -0.25) is 9.59 Å². The second-order valence-electron chi connectivity index (χ2n) is 9.20. The summed E-state index contributed by atoms with van der Waals surface area (Å²) < 4.78 is 18.5. The molecule has 5 rings (SSSR count). The molecule has 0 aliphatic carbocycles. The van der Waals surface area contributed by atoms with Crippen molar-refractivity contribution in [3.63, 3.8) is 0 Å². The van der Waals surface area contributed by atoms with Crippen molar-refractivity contribution < 1.29 is 19.0 Å². The van der Waals surface area contributed by atoms with E-state index in [9.17, 15) is 9.59 Å². The number of hydrogen-bond donors (Lipinski definition) is 1. The number of carbonyl (C=O) groups excluding carboxylic acids is 1. The summed E-state index contributed by atoms with van der Waals surface area (Å²) in [6.45, 7) is 5.76. The van der Waals surface area contributed by atoms with Crippen LogP contribution in [0.15, 0.2) is 29.1 Å². The molecule has 0 saturated carbocycles. The Morgan fingerprint density at radius 1 is 1.20 bits per heavy atom. The van der Waals surface area contributed by atoms with Crippen molar-refractivity contribution >= 4 is 16.9 Å². The fourth-order valence-corrected chi connectivity index (χ4v) is 5.47. The molecule has 2 aliphatic heterocycles. The van der Waals surface area contributed by atoms with Gasteiger partial charge in [0.05, 0.1) is 42.2 Å². The first kappa shape index (κ1) is 23.5. The summed E-state index contributed by atoms with van der Waals surface area (Å²) in [6.07, 6.45) is 2.06. The van der Waals surface area contributed by atoms with Gasteiger partial charge in [0.1, 0.15) is 17.8 Å². The highest BCUT2D eigenvalue weighted by Crippen LogP contribution is 2.41. The van der Waals surface area contributed by atoms with E-state index in [0.717, 1.165) is 52.0 Å². The van der Waals surface area contributed by atoms with E-state index in [1.54, 1.807) is 11.7 Å². The third kappa shape index (κ3) is 3.54. The van der Waals surface area contributed by atoms with Gasteiger partial charge in [0.15, 0.2) is 0 Å². The van der Waals surface area contributed by atoms with Crippen molar-refractivity contribution in [1.29, 1.82) is 0 Å². The Kier molecular flexibility index (Phi) is 6.11. The number of pyridine rings is 2. The third-order valence-electron chi connectivity index (χ3n) is 7.35. The lowest BCUT2D eigenvalue weighted by molar-refractivity contribution is -0.157. The lowest BCUT2D eigenvalue weighted by atomic mass is 9.75. The molecule has 3 aromatic rings. The topological polar surface area (TPSA) is 106 Å². The fraction of sp³-hybridized carbons (Fsp3) is 0.444. The molecule has 0 saturated heterocycles. The molecule has 0 fully saturated rings. The maximum absolute atomic E-state index is 13.7. The van der Waals surface area contributed by atoms with Crippen LogP contribution in [0, 0.1) is 0 Å². The van der Waals surface area contributed by atoms with Gasteiger partial charge >= 0.3 is 5.97 Å². The molecule has 0 unspecified atom stereocenters. The van der Waals surface area contributed by atoms with E-state index < -0.39 is 5.41 Å². The van der Waals surface area contributed by atoms with Gasteiger partial charge in [-0.2, -0.15) is 0 Å². The molecular formula is C27H31N3O5. The molecule has 1 aromatic carbocycles. The number of cyclic esters (lactones) is 1. The lowest BCUT2D eigenvalue weighted by Crippen LogP contribution is -2.47. The first-order chi connectivity index (χ1) is 17.0. The third-order valence-corrected chi connectivity index (χ3v) is 7.35. The molecule has 35 heavy (non-hydrogen) atoms. The van der Waals surface area contributed by atoms with Crippen LogP contribution in [0.5, 0.6) is 5.75 Å². The number of rotatable bonds is 8. The van der Waals surface area contributed by atoms with E-state index in [-0.39, 0.29) is 24.7 Å². The quantitative estimate of drug-likeness (QED) is 0.307. The predicted octanol–water partition coefficient (Wildman–Crippen LogP) is 3.07. The molecule has 8 nitrogen and oxygen atoms in total. The molecule has 184 valence electrons. The zero-order valence-corrected chi connectivity index (χ0v) is 20.5. The minimum absolute atomic E-state index is 0.0192. The number of fused-ring (bicyclic) bond motifs is 5. The lowest BCUT2D eigenvalue weighted by Gasteiger charge is -2.35. The molecule has 0 spiro atoms. The van der Waals surface area contributed by atoms with Gasteiger partial charge in [0.2, 0.25) is 0 Å². The highest BCUT2D eigenvalue weighted by Gasteiger charge is 2.47. The Bertz CT molecular complexity index is 1380. The highest BCUT2D eigenvalue weighted by atomic mass is 16.5. The van der Waals surface area contributed by atoms with E-state index in [1.807, 2.05) is 31.2 Å². The maximum Gasteiger partial charge on any atom is 0.319 e. The highest BCUT2D eigenvalue weighted by molar-refractivity contribution is 5.90. The van der Waals surface area contributed by atoms with Crippen LogP contribution >= 0.6 is 0 Å². The molecule has 2 aliphatic rings. The minimum atomic E-state index is -1.000. The van der Waals surface area contributed by atoms with Crippen LogP contribution in [-0.2, 0) is 39.3 Å². The van der Waals surface area contributed by atoms with E-state index >= 15 is 0 Å². The van der Waals surface area contributed by atoms with E-state index in [0.29, 0.717) is 37.2 Å². The summed E-state index contributed by atoms with van der Waals surface area (Å²) in [5.41, 5.74) is 10.3. The first-order valence-corrected chi connectivity index (χ1v) is 12.2. The molecule has 2 N–H and O–H groups in total. The van der Waals surface area contributed by atoms with Crippen molar-refractivity contribution in [2.75, 3.05) is 26.9 Å². The van der Waals surface area contributed by atoms with Gasteiger partial charge in [-0.05, 0) is 61.2 Å². The van der Waals surface area contributed by atoms with Crippen LogP contribution in [0.4, 0.5) is 0 Å². The van der Waals surface area contributed by atoms with Crippen molar-refractivity contribution in [2.45, 2.75) is 51.7 Å². The minimum Gasteiger partial charge on any atom is -0.494 e. The molecule has 2 aromatic heterocycles. The summed E-state index contributed by atoms with van der Waals surface area (Å²) in [4.78, 5) is 31.6. The number of nitrogens with zero attached hydrogens (tertiary/aromatic N) is 2. The molecule has 4 heterocycles. The molecule has 0 radical (unpaired) electrons. The van der Waals surface area contributed by atoms with Crippen molar-refractivity contribution in [3.05, 3.63) is 56.9 Å². The van der Waals surface area contributed by atoms with Gasteiger partial charge in [-0.1, -0.05) is 13.8 Å².